The van der Waals surface area contributed by atoms with Gasteiger partial charge in [-0.3, -0.25) is 14.4 Å². The largest absolute Gasteiger partial charge is 0.384 e. The van der Waals surface area contributed by atoms with Gasteiger partial charge < -0.3 is 19.1 Å². The van der Waals surface area contributed by atoms with Gasteiger partial charge in [0, 0.05) is 44.5 Å². The van der Waals surface area contributed by atoms with Crippen molar-refractivity contribution in [2.24, 2.45) is 5.92 Å². The Morgan fingerprint density at radius 1 is 1.07 bits per heavy atom. The van der Waals surface area contributed by atoms with Crippen LogP contribution in [0.25, 0.3) is 0 Å². The molecule has 8 nitrogen and oxygen atoms in total. The van der Waals surface area contributed by atoms with E-state index in [1.165, 1.54) is 6.07 Å². The average molecular weight is 399 g/mol. The zero-order chi connectivity index (χ0) is 20.2. The summed E-state index contributed by atoms with van der Waals surface area (Å²) in [6.07, 6.45) is 0.986. The molecule has 2 fully saturated rings. The number of aromatic nitrogens is 1. The SMILES string of the molecule is O=C(CCc1cc(=O)[nH]o1)N1C[C@@H]2COC[C@H](C1)N(C(=O)Cc1ccccc1)C2. The molecule has 0 aliphatic carbocycles. The summed E-state index contributed by atoms with van der Waals surface area (Å²) in [4.78, 5) is 40.6. The van der Waals surface area contributed by atoms with Gasteiger partial charge in [-0.05, 0) is 5.56 Å². The summed E-state index contributed by atoms with van der Waals surface area (Å²) in [5.41, 5.74) is 0.680. The van der Waals surface area contributed by atoms with Crippen LogP contribution in [0.1, 0.15) is 17.7 Å². The Morgan fingerprint density at radius 3 is 2.66 bits per heavy atom. The Labute approximate surface area is 168 Å². The molecule has 8 heteroatoms. The third kappa shape index (κ3) is 4.76. The monoisotopic (exact) mass is 399 g/mol. The molecule has 29 heavy (non-hydrogen) atoms. The van der Waals surface area contributed by atoms with E-state index in [1.54, 1.807) is 0 Å². The van der Waals surface area contributed by atoms with Crippen molar-refractivity contribution >= 4 is 11.8 Å². The standard InChI is InChI=1S/C21H25N3O5/c25-19-9-18(29-22-19)6-7-20(26)23-10-16-11-24(17(12-23)14-28-13-16)21(27)8-15-4-2-1-3-5-15/h1-5,9,16-17H,6-8,10-14H2,(H,22,25)/t16-,17-/m0/s1. The summed E-state index contributed by atoms with van der Waals surface area (Å²) in [5.74, 6) is 0.640. The molecule has 2 saturated heterocycles. The highest BCUT2D eigenvalue weighted by Crippen LogP contribution is 2.22. The highest BCUT2D eigenvalue weighted by molar-refractivity contribution is 5.80. The Kier molecular flexibility index (Phi) is 5.80. The van der Waals surface area contributed by atoms with Gasteiger partial charge in [0.25, 0.3) is 5.56 Å². The van der Waals surface area contributed by atoms with Gasteiger partial charge in [0.2, 0.25) is 11.8 Å². The zero-order valence-corrected chi connectivity index (χ0v) is 16.2. The van der Waals surface area contributed by atoms with E-state index in [0.717, 1.165) is 5.56 Å². The normalized spacial score (nSPS) is 21.7. The maximum absolute atomic E-state index is 13.0. The van der Waals surface area contributed by atoms with Crippen LogP contribution < -0.4 is 5.56 Å². The predicted octanol–water partition coefficient (Wildman–Crippen LogP) is 0.829. The predicted molar refractivity (Wildman–Crippen MR) is 104 cm³/mol. The van der Waals surface area contributed by atoms with Gasteiger partial charge in [-0.2, -0.15) is 5.16 Å². The molecule has 4 rings (SSSR count). The second-order valence-electron chi connectivity index (χ2n) is 7.74. The Hall–Kier alpha value is -2.87. The average Bonchev–Trinajstić information content (AvgIpc) is 2.91. The van der Waals surface area contributed by atoms with Crippen molar-refractivity contribution < 1.29 is 18.8 Å². The number of benzene rings is 1. The molecule has 0 saturated carbocycles. The summed E-state index contributed by atoms with van der Waals surface area (Å²) in [7, 11) is 0. The van der Waals surface area contributed by atoms with Crippen molar-refractivity contribution in [3.05, 3.63) is 58.1 Å². The number of carbonyl (C=O) groups is 2. The first-order valence-electron chi connectivity index (χ1n) is 9.95. The number of aryl methyl sites for hydroxylation is 1. The number of nitrogens with zero attached hydrogens (tertiary/aromatic N) is 2. The van der Waals surface area contributed by atoms with Gasteiger partial charge in [0.1, 0.15) is 5.76 Å². The Balaban J connectivity index is 1.41. The maximum Gasteiger partial charge on any atom is 0.280 e. The lowest BCUT2D eigenvalue weighted by Gasteiger charge is -2.31. The van der Waals surface area contributed by atoms with Gasteiger partial charge in [-0.1, -0.05) is 30.3 Å². The number of hydrogen-bond donors (Lipinski definition) is 1. The molecule has 1 aromatic carbocycles. The number of aromatic amines is 1. The Morgan fingerprint density at radius 2 is 1.90 bits per heavy atom. The number of ether oxygens (including phenoxy) is 1. The second kappa shape index (κ2) is 8.65. The van der Waals surface area contributed by atoms with E-state index in [1.807, 2.05) is 40.1 Å². The van der Waals surface area contributed by atoms with Gasteiger partial charge in [-0.25, -0.2) is 0 Å². The molecule has 2 aliphatic heterocycles. The Bertz CT molecular complexity index is 906. The van der Waals surface area contributed by atoms with Crippen LogP contribution in [-0.4, -0.2) is 65.7 Å². The molecule has 0 radical (unpaired) electrons. The first kappa shape index (κ1) is 19.4. The minimum atomic E-state index is -0.304. The summed E-state index contributed by atoms with van der Waals surface area (Å²) in [5, 5.41) is 2.24. The maximum atomic E-state index is 13.0. The summed E-state index contributed by atoms with van der Waals surface area (Å²) in [6, 6.07) is 10.9. The van der Waals surface area contributed by atoms with Crippen LogP contribution >= 0.6 is 0 Å². The third-order valence-electron chi connectivity index (χ3n) is 5.50. The molecule has 2 aliphatic rings. The zero-order valence-electron chi connectivity index (χ0n) is 16.2. The number of hydrogen-bond acceptors (Lipinski definition) is 5. The molecular formula is C21H25N3O5. The quantitative estimate of drug-likeness (QED) is 0.803. The van der Waals surface area contributed by atoms with E-state index in [-0.39, 0.29) is 35.8 Å². The summed E-state index contributed by atoms with van der Waals surface area (Å²) >= 11 is 0. The lowest BCUT2D eigenvalue weighted by atomic mass is 10.1. The van der Waals surface area contributed by atoms with Crippen LogP contribution in [0.15, 0.2) is 45.7 Å². The summed E-state index contributed by atoms with van der Waals surface area (Å²) < 4.78 is 10.8. The number of amides is 2. The van der Waals surface area contributed by atoms with E-state index < -0.39 is 0 Å². The molecule has 1 N–H and O–H groups in total. The van der Waals surface area contributed by atoms with Gasteiger partial charge >= 0.3 is 0 Å². The highest BCUT2D eigenvalue weighted by Gasteiger charge is 2.37. The van der Waals surface area contributed by atoms with Crippen molar-refractivity contribution in [1.29, 1.82) is 0 Å². The topological polar surface area (TPSA) is 95.8 Å². The highest BCUT2D eigenvalue weighted by atomic mass is 16.5. The second-order valence-corrected chi connectivity index (χ2v) is 7.74. The molecule has 2 atom stereocenters. The van der Waals surface area contributed by atoms with Crippen LogP contribution in [-0.2, 0) is 27.2 Å². The van der Waals surface area contributed by atoms with Crippen LogP contribution in [0.3, 0.4) is 0 Å². The lowest BCUT2D eigenvalue weighted by Crippen LogP contribution is -2.48. The van der Waals surface area contributed by atoms with Crippen molar-refractivity contribution in [3.63, 3.8) is 0 Å². The molecule has 1 aromatic heterocycles. The minimum Gasteiger partial charge on any atom is -0.384 e. The van der Waals surface area contributed by atoms with E-state index in [9.17, 15) is 14.4 Å². The van der Waals surface area contributed by atoms with Crippen molar-refractivity contribution in [2.45, 2.75) is 25.3 Å². The number of fused-ring (bicyclic) bond motifs is 3. The summed E-state index contributed by atoms with van der Waals surface area (Å²) in [6.45, 7) is 2.62. The van der Waals surface area contributed by atoms with Crippen molar-refractivity contribution in [2.75, 3.05) is 32.8 Å². The van der Waals surface area contributed by atoms with E-state index in [0.29, 0.717) is 51.4 Å². The van der Waals surface area contributed by atoms with Crippen LogP contribution in [0, 0.1) is 5.92 Å². The van der Waals surface area contributed by atoms with Gasteiger partial charge in [0.15, 0.2) is 0 Å². The smallest absolute Gasteiger partial charge is 0.280 e. The van der Waals surface area contributed by atoms with E-state index in [2.05, 4.69) is 5.16 Å². The van der Waals surface area contributed by atoms with E-state index >= 15 is 0 Å². The fraction of sp³-hybridized carbons (Fsp3) is 0.476. The molecule has 2 bridgehead atoms. The first-order valence-corrected chi connectivity index (χ1v) is 9.95. The molecule has 2 amide bonds. The van der Waals surface area contributed by atoms with Crippen LogP contribution in [0.4, 0.5) is 0 Å². The van der Waals surface area contributed by atoms with E-state index in [4.69, 9.17) is 9.26 Å². The van der Waals surface area contributed by atoms with Gasteiger partial charge in [0.05, 0.1) is 25.7 Å². The van der Waals surface area contributed by atoms with Gasteiger partial charge in [-0.15, -0.1) is 0 Å². The fourth-order valence-corrected chi connectivity index (χ4v) is 4.06. The molecule has 0 spiro atoms. The first-order chi connectivity index (χ1) is 14.1. The van der Waals surface area contributed by atoms with Crippen LogP contribution in [0.2, 0.25) is 0 Å². The van der Waals surface area contributed by atoms with Crippen LogP contribution in [0.5, 0.6) is 0 Å². The molecule has 154 valence electrons. The lowest BCUT2D eigenvalue weighted by molar-refractivity contribution is -0.136. The van der Waals surface area contributed by atoms with Crippen molar-refractivity contribution in [3.8, 4) is 0 Å². The number of H-pyrrole nitrogens is 1. The number of nitrogens with one attached hydrogen (secondary N) is 1. The number of carbonyl (C=O) groups excluding carboxylic acids is 2. The molecule has 3 heterocycles. The van der Waals surface area contributed by atoms with Crippen molar-refractivity contribution in [1.82, 2.24) is 15.0 Å². The molecular weight excluding hydrogens is 374 g/mol. The molecule has 0 unspecified atom stereocenters. The number of rotatable bonds is 5. The third-order valence-corrected chi connectivity index (χ3v) is 5.50. The molecule has 2 aromatic rings. The fourth-order valence-electron chi connectivity index (χ4n) is 4.06. The minimum absolute atomic E-state index is 0.00288.